The third kappa shape index (κ3) is 273. The van der Waals surface area contributed by atoms with E-state index in [1.807, 2.05) is 0 Å². The van der Waals surface area contributed by atoms with Gasteiger partial charge in [0.15, 0.2) is 0 Å². The van der Waals surface area contributed by atoms with Gasteiger partial charge in [0.25, 0.3) is 0 Å². The van der Waals surface area contributed by atoms with Crippen LogP contribution >= 0.6 is 0 Å². The molecule has 3 nitrogen and oxygen atoms in total. The third-order valence-electron chi connectivity index (χ3n) is 0. The first-order chi connectivity index (χ1) is 1.73. The van der Waals surface area contributed by atoms with E-state index in [0.717, 1.165) is 0 Å². The summed E-state index contributed by atoms with van der Waals surface area (Å²) in [5.41, 5.74) is 0. The van der Waals surface area contributed by atoms with Gasteiger partial charge in [-0.15, -0.1) is 0 Å². The Balaban J connectivity index is -0.00000000750. The Morgan fingerprint density at radius 3 is 1.50 bits per heavy atom. The molecule has 0 unspecified atom stereocenters. The average molecular weight is 124 g/mol. The van der Waals surface area contributed by atoms with Crippen molar-refractivity contribution in [2.75, 3.05) is 0 Å². The van der Waals surface area contributed by atoms with E-state index in [1.54, 1.807) is 0 Å². The first kappa shape index (κ1) is 16.1. The van der Waals surface area contributed by atoms with Crippen LogP contribution in [0.3, 0.4) is 0 Å². The van der Waals surface area contributed by atoms with Gasteiger partial charge >= 0.3 is 43.9 Å². The summed E-state index contributed by atoms with van der Waals surface area (Å²) in [5.74, 6) is 0. The van der Waals surface area contributed by atoms with Crippen molar-refractivity contribution in [1.82, 2.24) is 0 Å². The molecule has 0 atom stereocenters. The Bertz CT molecular complexity index is 40.3. The Kier molecular flexibility index (Phi) is 24.3. The summed E-state index contributed by atoms with van der Waals surface area (Å²) in [6.45, 7) is 0. The smallest absolute Gasteiger partial charge is 1.00 e. The van der Waals surface area contributed by atoms with E-state index >= 15 is 0 Å². The van der Waals surface area contributed by atoms with Gasteiger partial charge in [-0.3, -0.25) is 0 Å². The minimum absolute atomic E-state index is 0. The minimum Gasteiger partial charge on any atom is -1.00 e. The van der Waals surface area contributed by atoms with Crippen LogP contribution in [-0.2, 0) is 0 Å². The number of rotatable bonds is 0. The van der Waals surface area contributed by atoms with Crippen molar-refractivity contribution in [3.63, 3.8) is 0 Å². The Morgan fingerprint density at radius 2 is 1.50 bits per heavy atom. The maximum atomic E-state index is 8.56. The van der Waals surface area contributed by atoms with Crippen LogP contribution in [0.4, 0.5) is 4.79 Å². The van der Waals surface area contributed by atoms with Crippen LogP contribution in [0, 0.1) is 6.15 Å². The van der Waals surface area contributed by atoms with Crippen molar-refractivity contribution in [1.29, 1.82) is 0 Å². The molecular formula is CH4CaNeO3. The first-order valence-electron chi connectivity index (χ1n) is 0.651. The Morgan fingerprint density at radius 1 is 1.50 bits per heavy atom. The molecular weight excluding hydrogens is 120 g/mol. The molecule has 0 aromatic heterocycles. The zero-order valence-electron chi connectivity index (χ0n) is 4.86. The average Bonchev–Trinajstić information content (AvgIpc) is 0.811. The topological polar surface area (TPSA) is 57.5 Å². The molecule has 2 N–H and O–H groups in total. The molecule has 36 valence electrons. The van der Waals surface area contributed by atoms with Crippen LogP contribution in [0.1, 0.15) is 2.85 Å². The van der Waals surface area contributed by atoms with E-state index in [-0.39, 0.29) is 46.7 Å². The maximum Gasteiger partial charge on any atom is 2.00 e. The van der Waals surface area contributed by atoms with Gasteiger partial charge in [-0.1, -0.05) is 0 Å². The molecule has 0 saturated carbocycles. The van der Waals surface area contributed by atoms with Gasteiger partial charge in [0.1, 0.15) is 0 Å². The van der Waals surface area contributed by atoms with Gasteiger partial charge in [0.05, 0.1) is 0 Å². The number of carbonyl (C=O) groups is 1. The van der Waals surface area contributed by atoms with Gasteiger partial charge in [0.2, 0.25) is 0 Å². The molecule has 5 heteroatoms. The molecule has 0 spiro atoms. The maximum absolute atomic E-state index is 8.56. The normalized spacial score (nSPS) is 4.00. The predicted molar refractivity (Wildman–Crippen MR) is 18.6 cm³/mol. The van der Waals surface area contributed by atoms with E-state index in [1.165, 1.54) is 0 Å². The van der Waals surface area contributed by atoms with Crippen molar-refractivity contribution in [2.45, 2.75) is 0 Å². The summed E-state index contributed by atoms with van der Waals surface area (Å²) in [7, 11) is 0. The number of carboxylic acid groups (broad SMARTS) is 2. The summed E-state index contributed by atoms with van der Waals surface area (Å²) in [6, 6.07) is 0. The van der Waals surface area contributed by atoms with E-state index < -0.39 is 6.16 Å². The van der Waals surface area contributed by atoms with Gasteiger partial charge < -0.3 is 13.1 Å². The minimum atomic E-state index is -1.83. The molecule has 0 aliphatic carbocycles. The molecule has 0 amide bonds. The first-order valence-corrected chi connectivity index (χ1v) is 0.651. The van der Waals surface area contributed by atoms with E-state index in [9.17, 15) is 0 Å². The van der Waals surface area contributed by atoms with Gasteiger partial charge in [-0.2, -0.15) is 0 Å². The predicted octanol–water partition coefficient (Wildman–Crippen LogP) is 0.0666. The second kappa shape index (κ2) is 9.06. The van der Waals surface area contributed by atoms with Crippen LogP contribution in [0.5, 0.6) is 0 Å². The number of hydrogen-bond donors (Lipinski definition) is 2. The van der Waals surface area contributed by atoms with Crippen LogP contribution in [0.2, 0.25) is 0 Å². The fourth-order valence-corrected chi connectivity index (χ4v) is 0. The molecule has 6 heavy (non-hydrogen) atoms. The molecule has 0 aliphatic rings. The van der Waals surface area contributed by atoms with Gasteiger partial charge in [-0.05, 0) is 0 Å². The summed E-state index contributed by atoms with van der Waals surface area (Å²) in [4.78, 5) is 8.56. The van der Waals surface area contributed by atoms with Crippen molar-refractivity contribution >= 4 is 43.9 Å². The molecule has 0 aromatic rings. The van der Waals surface area contributed by atoms with Crippen molar-refractivity contribution < 1.29 is 24.0 Å². The summed E-state index contributed by atoms with van der Waals surface area (Å²) < 4.78 is 0. The summed E-state index contributed by atoms with van der Waals surface area (Å²) in [6.07, 6.45) is -1.83. The third-order valence-corrected chi connectivity index (χ3v) is 0. The number of hydrogen-bond acceptors (Lipinski definition) is 1. The zero-order chi connectivity index (χ0) is 3.58. The van der Waals surface area contributed by atoms with Crippen LogP contribution in [-0.4, -0.2) is 54.1 Å². The molecule has 0 bridgehead atoms. The molecule has 0 radical (unpaired) electrons. The second-order valence-electron chi connectivity index (χ2n) is 0.283. The molecule has 0 aromatic carbocycles. The fraction of sp³-hybridized carbons (Fsp3) is 0. The van der Waals surface area contributed by atoms with E-state index in [0.29, 0.717) is 0 Å². The van der Waals surface area contributed by atoms with Crippen LogP contribution < -0.4 is 0 Å². The molecule has 0 heterocycles. The molecule has 0 saturated heterocycles. The molecule has 0 rings (SSSR count). The van der Waals surface area contributed by atoms with Crippen molar-refractivity contribution in [3.05, 3.63) is 0 Å². The summed E-state index contributed by atoms with van der Waals surface area (Å²) >= 11 is 0. The SMILES string of the molecule is O=C(O)O.[Ca+2].[H-].[H-].[Ne]. The molecule has 0 aliphatic heterocycles. The van der Waals surface area contributed by atoms with Gasteiger partial charge in [0, 0.05) is 6.15 Å². The Labute approximate surface area is 67.7 Å². The van der Waals surface area contributed by atoms with Crippen LogP contribution in [0.15, 0.2) is 0 Å². The van der Waals surface area contributed by atoms with E-state index in [2.05, 4.69) is 0 Å². The standard InChI is InChI=1S/CH2O3.Ca.Ne.2H/c2-1(3)4;;;;/h(H2,2,3,4);;;;/q;+2;;2*-1. The Hall–Kier alpha value is 0.439. The van der Waals surface area contributed by atoms with Crippen molar-refractivity contribution in [2.24, 2.45) is 0 Å². The quantitative estimate of drug-likeness (QED) is 0.449. The largest absolute Gasteiger partial charge is 2.00 e. The van der Waals surface area contributed by atoms with E-state index in [4.69, 9.17) is 15.0 Å². The molecule has 0 fully saturated rings. The zero-order valence-corrected chi connectivity index (χ0v) is 5.07. The van der Waals surface area contributed by atoms with Crippen LogP contribution in [0.25, 0.3) is 0 Å². The second-order valence-corrected chi connectivity index (χ2v) is 0.283. The van der Waals surface area contributed by atoms with Gasteiger partial charge in [-0.25, -0.2) is 4.79 Å². The monoisotopic (exact) mass is 124 g/mol. The van der Waals surface area contributed by atoms with Crippen molar-refractivity contribution in [3.8, 4) is 0 Å². The summed E-state index contributed by atoms with van der Waals surface area (Å²) in [5, 5.41) is 13.9. The fourth-order valence-electron chi connectivity index (χ4n) is 0.